The van der Waals surface area contributed by atoms with Gasteiger partial charge in [0.15, 0.2) is 0 Å². The van der Waals surface area contributed by atoms with E-state index in [0.29, 0.717) is 0 Å². The maximum Gasteiger partial charge on any atom is 0.407 e. The lowest BCUT2D eigenvalue weighted by atomic mass is 9.77. The second-order valence-electron chi connectivity index (χ2n) is 13.5. The molecule has 8 nitrogen and oxygen atoms in total. The number of hydrogen-bond donors (Lipinski definition) is 2. The largest absolute Gasteiger partial charge is 0.449 e. The summed E-state index contributed by atoms with van der Waals surface area (Å²) in [7, 11) is 0. The zero-order chi connectivity index (χ0) is 37.1. The first-order chi connectivity index (χ1) is 26.4. The Bertz CT molecular complexity index is 2170. The molecule has 8 heteroatoms. The molecule has 54 heavy (non-hydrogen) atoms. The van der Waals surface area contributed by atoms with Crippen molar-refractivity contribution in [2.45, 2.75) is 23.9 Å². The van der Waals surface area contributed by atoms with Gasteiger partial charge in [0.1, 0.15) is 12.1 Å². The van der Waals surface area contributed by atoms with Crippen LogP contribution in [0.25, 0.3) is 11.1 Å². The molecule has 1 aliphatic heterocycles. The van der Waals surface area contributed by atoms with Crippen LogP contribution in [0.4, 0.5) is 4.79 Å². The van der Waals surface area contributed by atoms with Crippen LogP contribution in [0.5, 0.6) is 0 Å². The van der Waals surface area contributed by atoms with Crippen molar-refractivity contribution in [3.05, 3.63) is 203 Å². The third-order valence-electron chi connectivity index (χ3n) is 10.3. The highest BCUT2D eigenvalue weighted by atomic mass is 16.5. The van der Waals surface area contributed by atoms with Crippen LogP contribution < -0.4 is 10.6 Å². The lowest BCUT2D eigenvalue weighted by Crippen LogP contribution is -2.52. The molecule has 1 heterocycles. The summed E-state index contributed by atoms with van der Waals surface area (Å²) in [5.41, 5.74) is 6.27. The lowest BCUT2D eigenvalue weighted by molar-refractivity contribution is -0.122. The highest BCUT2D eigenvalue weighted by Crippen LogP contribution is 2.44. The fraction of sp³-hybridized carbons (Fsp3) is 0.130. The van der Waals surface area contributed by atoms with E-state index in [4.69, 9.17) is 4.74 Å². The van der Waals surface area contributed by atoms with Gasteiger partial charge in [0.25, 0.3) is 11.8 Å². The smallest absolute Gasteiger partial charge is 0.407 e. The molecule has 4 amide bonds. The molecule has 0 fully saturated rings. The second kappa shape index (κ2) is 14.7. The van der Waals surface area contributed by atoms with Gasteiger partial charge in [0, 0.05) is 12.3 Å². The quantitative estimate of drug-likeness (QED) is 0.106. The Kier molecular flexibility index (Phi) is 9.32. The van der Waals surface area contributed by atoms with Crippen molar-refractivity contribution < 1.29 is 23.9 Å². The highest BCUT2D eigenvalue weighted by Gasteiger charge is 2.40. The van der Waals surface area contributed by atoms with Gasteiger partial charge in [-0.2, -0.15) is 0 Å². The van der Waals surface area contributed by atoms with Gasteiger partial charge in [-0.1, -0.05) is 152 Å². The first-order valence-corrected chi connectivity index (χ1v) is 18.0. The number of rotatable bonds is 11. The van der Waals surface area contributed by atoms with E-state index in [9.17, 15) is 19.2 Å². The Labute approximate surface area is 313 Å². The average Bonchev–Trinajstić information content (AvgIpc) is 3.67. The summed E-state index contributed by atoms with van der Waals surface area (Å²) in [6.07, 6.45) is -1.02. The van der Waals surface area contributed by atoms with E-state index in [1.54, 1.807) is 24.3 Å². The number of carbonyl (C=O) groups excluding carboxylic acids is 4. The summed E-state index contributed by atoms with van der Waals surface area (Å²) in [5.74, 6) is -1.55. The molecular formula is C46H37N3O5. The summed E-state index contributed by atoms with van der Waals surface area (Å²) in [6.45, 7) is -0.177. The molecular weight excluding hydrogens is 675 g/mol. The van der Waals surface area contributed by atoms with Gasteiger partial charge in [0.2, 0.25) is 5.91 Å². The lowest BCUT2D eigenvalue weighted by Gasteiger charge is -2.37. The summed E-state index contributed by atoms with van der Waals surface area (Å²) in [6, 6.07) is 50.8. The molecule has 6 aromatic rings. The molecule has 0 unspecified atom stereocenters. The number of alkyl carbamates (subject to hydrolysis) is 1. The molecule has 0 radical (unpaired) electrons. The Morgan fingerprint density at radius 1 is 0.574 bits per heavy atom. The molecule has 266 valence electrons. The van der Waals surface area contributed by atoms with E-state index in [1.165, 1.54) is 0 Å². The van der Waals surface area contributed by atoms with Gasteiger partial charge in [-0.15, -0.1) is 0 Å². The predicted octanol–water partition coefficient (Wildman–Crippen LogP) is 7.69. The van der Waals surface area contributed by atoms with E-state index < -0.39 is 35.4 Å². The minimum absolute atomic E-state index is 0.0604. The zero-order valence-electron chi connectivity index (χ0n) is 29.4. The molecule has 0 saturated heterocycles. The summed E-state index contributed by atoms with van der Waals surface area (Å²) in [4.78, 5) is 56.2. The number of nitrogens with zero attached hydrogens (tertiary/aromatic N) is 1. The average molecular weight is 712 g/mol. The van der Waals surface area contributed by atoms with Gasteiger partial charge in [-0.25, -0.2) is 4.79 Å². The van der Waals surface area contributed by atoms with Crippen LogP contribution in [-0.2, 0) is 15.1 Å². The molecule has 0 spiro atoms. The Balaban J connectivity index is 1.08. The number of benzene rings is 6. The van der Waals surface area contributed by atoms with E-state index in [2.05, 4.69) is 22.8 Å². The third kappa shape index (κ3) is 6.32. The standard InChI is InChI=1S/C46H37N3O5/c50-42(48-46(31-16-4-1-5-17-31,32-18-6-2-7-19-32)33-20-8-3-9-21-33)28-34(29-49-43(51)39-26-14-15-27-40(39)44(49)52)47-45(53)54-30-41-37-24-12-10-22-35(37)36-23-11-13-25-38(36)41/h1-27,34,41H,28-30H2,(H,47,53)(H,48,50)/t34-/m0/s1. The maximum absolute atomic E-state index is 14.5. The van der Waals surface area contributed by atoms with Gasteiger partial charge in [0.05, 0.1) is 23.7 Å². The van der Waals surface area contributed by atoms with Crippen LogP contribution in [0, 0.1) is 0 Å². The summed E-state index contributed by atoms with van der Waals surface area (Å²) < 4.78 is 5.87. The minimum atomic E-state index is -1.11. The second-order valence-corrected chi connectivity index (χ2v) is 13.5. The molecule has 2 N–H and O–H groups in total. The summed E-state index contributed by atoms with van der Waals surface area (Å²) >= 11 is 0. The summed E-state index contributed by atoms with van der Waals surface area (Å²) in [5, 5.41) is 6.18. The van der Waals surface area contributed by atoms with E-state index >= 15 is 0 Å². The molecule has 0 saturated carbocycles. The molecule has 8 rings (SSSR count). The first kappa shape index (κ1) is 34.3. The fourth-order valence-corrected chi connectivity index (χ4v) is 7.86. The number of nitrogens with one attached hydrogen (secondary N) is 2. The molecule has 0 bridgehead atoms. The molecule has 1 aliphatic carbocycles. The zero-order valence-corrected chi connectivity index (χ0v) is 29.4. The van der Waals surface area contributed by atoms with Crippen molar-refractivity contribution in [2.75, 3.05) is 13.2 Å². The van der Waals surface area contributed by atoms with Crippen LogP contribution in [0.2, 0.25) is 0 Å². The molecule has 1 atom stereocenters. The van der Waals surface area contributed by atoms with Crippen molar-refractivity contribution in [3.63, 3.8) is 0 Å². The first-order valence-electron chi connectivity index (χ1n) is 18.0. The fourth-order valence-electron chi connectivity index (χ4n) is 7.86. The topological polar surface area (TPSA) is 105 Å². The Morgan fingerprint density at radius 2 is 0.981 bits per heavy atom. The van der Waals surface area contributed by atoms with E-state index in [-0.39, 0.29) is 36.6 Å². The number of ether oxygens (including phenoxy) is 1. The van der Waals surface area contributed by atoms with Crippen LogP contribution in [-0.4, -0.2) is 47.9 Å². The number of imide groups is 1. The van der Waals surface area contributed by atoms with E-state index in [1.807, 2.05) is 127 Å². The molecule has 6 aromatic carbocycles. The predicted molar refractivity (Wildman–Crippen MR) is 206 cm³/mol. The highest BCUT2D eigenvalue weighted by molar-refractivity contribution is 6.21. The SMILES string of the molecule is O=C(C[C@@H](CN1C(=O)c2ccccc2C1=O)NC(=O)OCC1c2ccccc2-c2ccccc21)NC(c1ccccc1)(c1ccccc1)c1ccccc1. The van der Waals surface area contributed by atoms with E-state index in [0.717, 1.165) is 43.8 Å². The van der Waals surface area contributed by atoms with Gasteiger partial charge >= 0.3 is 6.09 Å². The maximum atomic E-state index is 14.5. The van der Waals surface area contributed by atoms with Crippen molar-refractivity contribution in [3.8, 4) is 11.1 Å². The van der Waals surface area contributed by atoms with Crippen LogP contribution in [0.15, 0.2) is 164 Å². The number of amides is 4. The van der Waals surface area contributed by atoms with Crippen molar-refractivity contribution >= 4 is 23.8 Å². The van der Waals surface area contributed by atoms with Crippen LogP contribution >= 0.6 is 0 Å². The van der Waals surface area contributed by atoms with Gasteiger partial charge in [-0.05, 0) is 51.1 Å². The monoisotopic (exact) mass is 711 g/mol. The minimum Gasteiger partial charge on any atom is -0.449 e. The van der Waals surface area contributed by atoms with Crippen LogP contribution in [0.1, 0.15) is 60.9 Å². The third-order valence-corrected chi connectivity index (χ3v) is 10.3. The Hall–Kier alpha value is -6.80. The number of carbonyl (C=O) groups is 4. The van der Waals surface area contributed by atoms with Crippen LogP contribution in [0.3, 0.4) is 0 Å². The number of hydrogen-bond acceptors (Lipinski definition) is 5. The molecule has 0 aromatic heterocycles. The van der Waals surface area contributed by atoms with Gasteiger partial charge in [-0.3, -0.25) is 19.3 Å². The van der Waals surface area contributed by atoms with Crippen molar-refractivity contribution in [1.82, 2.24) is 15.5 Å². The Morgan fingerprint density at radius 3 is 1.44 bits per heavy atom. The number of fused-ring (bicyclic) bond motifs is 4. The van der Waals surface area contributed by atoms with Crippen molar-refractivity contribution in [1.29, 1.82) is 0 Å². The normalized spacial score (nSPS) is 13.8. The molecule has 2 aliphatic rings. The van der Waals surface area contributed by atoms with Gasteiger partial charge < -0.3 is 15.4 Å². The van der Waals surface area contributed by atoms with Crippen molar-refractivity contribution in [2.24, 2.45) is 0 Å².